The molecule has 25 heavy (non-hydrogen) atoms. The number of nitrogens with zero attached hydrogens (tertiary/aromatic N) is 2. The molecule has 7 nitrogen and oxygen atoms in total. The summed E-state index contributed by atoms with van der Waals surface area (Å²) < 4.78 is 36.2. The van der Waals surface area contributed by atoms with Gasteiger partial charge < -0.3 is 4.74 Å². The molecule has 0 amide bonds. The Morgan fingerprint density at radius 3 is 2.32 bits per heavy atom. The van der Waals surface area contributed by atoms with Crippen LogP contribution in [0.2, 0.25) is 0 Å². The van der Waals surface area contributed by atoms with E-state index in [9.17, 15) is 13.2 Å². The SMILES string of the molecule is COc1cccc(NS(=O)(=O)c2cc3c(cc2C)n(C)c(=O)n3C)c1. The fraction of sp³-hybridized carbons (Fsp3) is 0.235. The molecule has 0 aliphatic rings. The van der Waals surface area contributed by atoms with E-state index in [1.807, 2.05) is 0 Å². The molecule has 0 unspecified atom stereocenters. The normalized spacial score (nSPS) is 11.7. The molecule has 1 N–H and O–H groups in total. The summed E-state index contributed by atoms with van der Waals surface area (Å²) in [5, 5.41) is 0. The predicted octanol–water partition coefficient (Wildman–Crippen LogP) is 1.99. The van der Waals surface area contributed by atoms with Gasteiger partial charge in [0.15, 0.2) is 0 Å². The van der Waals surface area contributed by atoms with E-state index in [-0.39, 0.29) is 10.6 Å². The second-order valence-corrected chi connectivity index (χ2v) is 7.50. The summed E-state index contributed by atoms with van der Waals surface area (Å²) in [6.45, 7) is 1.71. The number of hydrogen-bond acceptors (Lipinski definition) is 4. The molecule has 0 bridgehead atoms. The fourth-order valence-corrected chi connectivity index (χ4v) is 4.11. The Labute approximate surface area is 145 Å². The summed E-state index contributed by atoms with van der Waals surface area (Å²) in [5.41, 5.74) is 2.00. The molecule has 0 atom stereocenters. The third kappa shape index (κ3) is 2.89. The zero-order chi connectivity index (χ0) is 18.4. The monoisotopic (exact) mass is 361 g/mol. The van der Waals surface area contributed by atoms with Crippen molar-refractivity contribution in [3.05, 3.63) is 52.4 Å². The van der Waals surface area contributed by atoms with Crippen molar-refractivity contribution >= 4 is 26.7 Å². The van der Waals surface area contributed by atoms with Crippen LogP contribution in [0.25, 0.3) is 11.0 Å². The summed E-state index contributed by atoms with van der Waals surface area (Å²) in [6, 6.07) is 9.91. The van der Waals surface area contributed by atoms with Gasteiger partial charge in [0.25, 0.3) is 10.0 Å². The van der Waals surface area contributed by atoms with Crippen LogP contribution in [-0.4, -0.2) is 24.7 Å². The molecule has 1 heterocycles. The van der Waals surface area contributed by atoms with Gasteiger partial charge in [-0.25, -0.2) is 13.2 Å². The van der Waals surface area contributed by atoms with Gasteiger partial charge in [-0.05, 0) is 36.8 Å². The number of fused-ring (bicyclic) bond motifs is 1. The summed E-state index contributed by atoms with van der Waals surface area (Å²) >= 11 is 0. The first-order valence-electron chi connectivity index (χ1n) is 7.57. The third-order valence-electron chi connectivity index (χ3n) is 4.18. The van der Waals surface area contributed by atoms with Crippen LogP contribution in [-0.2, 0) is 24.1 Å². The maximum absolute atomic E-state index is 12.8. The summed E-state index contributed by atoms with van der Waals surface area (Å²) in [4.78, 5) is 12.2. The average Bonchev–Trinajstić information content (AvgIpc) is 2.78. The summed E-state index contributed by atoms with van der Waals surface area (Å²) in [7, 11) is 0.981. The molecule has 8 heteroatoms. The molecule has 0 spiro atoms. The number of benzene rings is 2. The number of ether oxygens (including phenoxy) is 1. The smallest absolute Gasteiger partial charge is 0.328 e. The Balaban J connectivity index is 2.12. The van der Waals surface area contributed by atoms with Crippen molar-refractivity contribution in [2.24, 2.45) is 14.1 Å². The van der Waals surface area contributed by atoms with E-state index in [1.54, 1.807) is 51.4 Å². The number of sulfonamides is 1. The van der Waals surface area contributed by atoms with Crippen LogP contribution in [0, 0.1) is 6.92 Å². The second-order valence-electron chi connectivity index (χ2n) is 5.84. The topological polar surface area (TPSA) is 82.3 Å². The highest BCUT2D eigenvalue weighted by molar-refractivity contribution is 7.92. The molecule has 0 saturated carbocycles. The first kappa shape index (κ1) is 17.1. The van der Waals surface area contributed by atoms with Crippen LogP contribution in [0.3, 0.4) is 0 Å². The third-order valence-corrected chi connectivity index (χ3v) is 5.70. The van der Waals surface area contributed by atoms with Crippen molar-refractivity contribution in [1.29, 1.82) is 0 Å². The van der Waals surface area contributed by atoms with Crippen LogP contribution in [0.15, 0.2) is 46.1 Å². The number of anilines is 1. The molecule has 3 rings (SSSR count). The van der Waals surface area contributed by atoms with Crippen LogP contribution < -0.4 is 15.1 Å². The van der Waals surface area contributed by atoms with Gasteiger partial charge in [0.05, 0.1) is 28.7 Å². The lowest BCUT2D eigenvalue weighted by Gasteiger charge is -2.12. The van der Waals surface area contributed by atoms with Crippen molar-refractivity contribution < 1.29 is 13.2 Å². The van der Waals surface area contributed by atoms with E-state index in [1.165, 1.54) is 22.3 Å². The highest BCUT2D eigenvalue weighted by atomic mass is 32.2. The maximum atomic E-state index is 12.8. The molecule has 0 saturated heterocycles. The van der Waals surface area contributed by atoms with Crippen molar-refractivity contribution in [2.45, 2.75) is 11.8 Å². The number of imidazole rings is 1. The number of aryl methyl sites for hydroxylation is 3. The molecule has 132 valence electrons. The van der Waals surface area contributed by atoms with Crippen LogP contribution in [0.4, 0.5) is 5.69 Å². The highest BCUT2D eigenvalue weighted by Crippen LogP contribution is 2.25. The Kier molecular flexibility index (Phi) is 4.08. The molecule has 3 aromatic rings. The quantitative estimate of drug-likeness (QED) is 0.770. The van der Waals surface area contributed by atoms with Crippen molar-refractivity contribution in [3.8, 4) is 5.75 Å². The molecule has 0 radical (unpaired) electrons. The average molecular weight is 361 g/mol. The van der Waals surface area contributed by atoms with Crippen LogP contribution in [0.1, 0.15) is 5.56 Å². The van der Waals surface area contributed by atoms with E-state index in [4.69, 9.17) is 4.74 Å². The lowest BCUT2D eigenvalue weighted by molar-refractivity contribution is 0.415. The van der Waals surface area contributed by atoms with Crippen molar-refractivity contribution in [2.75, 3.05) is 11.8 Å². The molecular formula is C17H19N3O4S. The van der Waals surface area contributed by atoms with Gasteiger partial charge in [-0.2, -0.15) is 0 Å². The van der Waals surface area contributed by atoms with Gasteiger partial charge in [0.1, 0.15) is 5.75 Å². The van der Waals surface area contributed by atoms with E-state index >= 15 is 0 Å². The van der Waals surface area contributed by atoms with Crippen molar-refractivity contribution in [1.82, 2.24) is 9.13 Å². The molecular weight excluding hydrogens is 342 g/mol. The van der Waals surface area contributed by atoms with E-state index in [0.29, 0.717) is 28.0 Å². The van der Waals surface area contributed by atoms with Gasteiger partial charge >= 0.3 is 5.69 Å². The summed E-state index contributed by atoms with van der Waals surface area (Å²) in [6.07, 6.45) is 0. The van der Waals surface area contributed by atoms with Gasteiger partial charge in [0.2, 0.25) is 0 Å². The largest absolute Gasteiger partial charge is 0.497 e. The second kappa shape index (κ2) is 5.96. The van der Waals surface area contributed by atoms with Gasteiger partial charge in [-0.1, -0.05) is 6.07 Å². The molecule has 1 aromatic heterocycles. The molecule has 0 fully saturated rings. The van der Waals surface area contributed by atoms with E-state index in [2.05, 4.69) is 4.72 Å². The maximum Gasteiger partial charge on any atom is 0.328 e. The minimum Gasteiger partial charge on any atom is -0.497 e. The Morgan fingerprint density at radius 1 is 1.04 bits per heavy atom. The van der Waals surface area contributed by atoms with Gasteiger partial charge in [-0.3, -0.25) is 13.9 Å². The standard InChI is InChI=1S/C17H19N3O4S/c1-11-8-14-15(20(3)17(21)19(14)2)10-16(11)25(22,23)18-12-6-5-7-13(9-12)24-4/h5-10,18H,1-4H3. The fourth-order valence-electron chi connectivity index (χ4n) is 2.82. The zero-order valence-electron chi connectivity index (χ0n) is 14.4. The molecule has 0 aliphatic carbocycles. The minimum atomic E-state index is -3.81. The first-order valence-corrected chi connectivity index (χ1v) is 9.06. The zero-order valence-corrected chi connectivity index (χ0v) is 15.2. The lowest BCUT2D eigenvalue weighted by atomic mass is 10.2. The number of methoxy groups -OCH3 is 1. The number of hydrogen-bond donors (Lipinski definition) is 1. The highest BCUT2D eigenvalue weighted by Gasteiger charge is 2.20. The van der Waals surface area contributed by atoms with Crippen LogP contribution in [0.5, 0.6) is 5.75 Å². The van der Waals surface area contributed by atoms with Gasteiger partial charge in [0, 0.05) is 20.2 Å². The number of nitrogens with one attached hydrogen (secondary N) is 1. The summed E-state index contributed by atoms with van der Waals surface area (Å²) in [5.74, 6) is 0.554. The molecule has 2 aromatic carbocycles. The number of aromatic nitrogens is 2. The van der Waals surface area contributed by atoms with Crippen molar-refractivity contribution in [3.63, 3.8) is 0 Å². The van der Waals surface area contributed by atoms with E-state index in [0.717, 1.165) is 0 Å². The van der Waals surface area contributed by atoms with Crippen LogP contribution >= 0.6 is 0 Å². The predicted molar refractivity (Wildman–Crippen MR) is 96.7 cm³/mol. The van der Waals surface area contributed by atoms with E-state index < -0.39 is 10.0 Å². The van der Waals surface area contributed by atoms with Gasteiger partial charge in [-0.15, -0.1) is 0 Å². The minimum absolute atomic E-state index is 0.129. The first-order chi connectivity index (χ1) is 11.7. The number of rotatable bonds is 4. The lowest BCUT2D eigenvalue weighted by Crippen LogP contribution is -2.19. The Bertz CT molecular complexity index is 1130. The molecule has 0 aliphatic heterocycles. The Morgan fingerprint density at radius 2 is 1.68 bits per heavy atom. The Hall–Kier alpha value is -2.74.